The highest BCUT2D eigenvalue weighted by Gasteiger charge is 2.30. The summed E-state index contributed by atoms with van der Waals surface area (Å²) in [5, 5.41) is 4.89. The van der Waals surface area contributed by atoms with Crippen molar-refractivity contribution in [3.63, 3.8) is 0 Å². The van der Waals surface area contributed by atoms with Crippen LogP contribution in [-0.4, -0.2) is 74.8 Å². The number of ether oxygens (including phenoxy) is 1. The fourth-order valence-corrected chi connectivity index (χ4v) is 4.16. The van der Waals surface area contributed by atoms with Gasteiger partial charge in [-0.2, -0.15) is 0 Å². The zero-order valence-corrected chi connectivity index (χ0v) is 16.2. The number of hydrogen-bond acceptors (Lipinski definition) is 3. The summed E-state index contributed by atoms with van der Waals surface area (Å²) in [6.45, 7) is 6.59. The first kappa shape index (κ1) is 18.8. The van der Waals surface area contributed by atoms with Gasteiger partial charge in [0.05, 0.1) is 13.2 Å². The van der Waals surface area contributed by atoms with Crippen LogP contribution in [0, 0.1) is 0 Å². The first-order valence-electron chi connectivity index (χ1n) is 8.89. The average Bonchev–Trinajstić information content (AvgIpc) is 3.11. The molecule has 2 aliphatic heterocycles. The molecule has 1 aromatic carbocycles. The van der Waals surface area contributed by atoms with E-state index in [4.69, 9.17) is 27.9 Å². The third-order valence-electron chi connectivity index (χ3n) is 4.96. The smallest absolute Gasteiger partial charge is 0.193 e. The van der Waals surface area contributed by atoms with Gasteiger partial charge in [0.2, 0.25) is 0 Å². The Hall–Kier alpha value is -1.01. The predicted octanol–water partition coefficient (Wildman–Crippen LogP) is 2.52. The summed E-state index contributed by atoms with van der Waals surface area (Å²) in [4.78, 5) is 9.33. The highest BCUT2D eigenvalue weighted by Crippen LogP contribution is 2.24. The molecule has 25 heavy (non-hydrogen) atoms. The van der Waals surface area contributed by atoms with E-state index in [9.17, 15) is 0 Å². The molecular formula is C18H26Cl2N4O. The molecule has 5 nitrogen and oxygen atoms in total. The Morgan fingerprint density at radius 3 is 2.64 bits per heavy atom. The Balaban J connectivity index is 1.50. The summed E-state index contributed by atoms with van der Waals surface area (Å²) in [7, 11) is 1.84. The van der Waals surface area contributed by atoms with Crippen molar-refractivity contribution in [3.8, 4) is 0 Å². The Labute approximate surface area is 159 Å². The number of halogens is 2. The summed E-state index contributed by atoms with van der Waals surface area (Å²) in [6, 6.07) is 6.23. The SMILES string of the molecule is CN=C(NCCc1c(Cl)cccc1Cl)N1CCC(N2CCOCC2)C1. The van der Waals surface area contributed by atoms with Crippen LogP contribution in [0.1, 0.15) is 12.0 Å². The van der Waals surface area contributed by atoms with Crippen molar-refractivity contribution in [2.45, 2.75) is 18.9 Å². The Morgan fingerprint density at radius 2 is 1.96 bits per heavy atom. The van der Waals surface area contributed by atoms with Crippen LogP contribution in [0.3, 0.4) is 0 Å². The lowest BCUT2D eigenvalue weighted by molar-refractivity contribution is 0.0195. The van der Waals surface area contributed by atoms with Crippen molar-refractivity contribution >= 4 is 29.2 Å². The summed E-state index contributed by atoms with van der Waals surface area (Å²) < 4.78 is 5.46. The van der Waals surface area contributed by atoms with Crippen molar-refractivity contribution in [3.05, 3.63) is 33.8 Å². The minimum atomic E-state index is 0.598. The Bertz CT molecular complexity index is 584. The lowest BCUT2D eigenvalue weighted by atomic mass is 10.1. The molecule has 0 saturated carbocycles. The Morgan fingerprint density at radius 1 is 1.24 bits per heavy atom. The molecule has 2 saturated heterocycles. The summed E-state index contributed by atoms with van der Waals surface area (Å²) in [5.41, 5.74) is 0.987. The molecule has 138 valence electrons. The lowest BCUT2D eigenvalue weighted by Gasteiger charge is -2.32. The number of nitrogens with zero attached hydrogens (tertiary/aromatic N) is 3. The second-order valence-electron chi connectivity index (χ2n) is 6.46. The molecule has 0 radical (unpaired) electrons. The highest BCUT2D eigenvalue weighted by atomic mass is 35.5. The zero-order chi connectivity index (χ0) is 17.6. The second-order valence-corrected chi connectivity index (χ2v) is 7.28. The molecule has 0 spiro atoms. The van der Waals surface area contributed by atoms with Gasteiger partial charge in [0.15, 0.2) is 5.96 Å². The van der Waals surface area contributed by atoms with E-state index in [2.05, 4.69) is 20.1 Å². The standard InChI is InChI=1S/C18H26Cl2N4O/c1-21-18(22-7-5-15-16(19)3-2-4-17(15)20)24-8-6-14(13-24)23-9-11-25-12-10-23/h2-4,14H,5-13H2,1H3,(H,21,22). The van der Waals surface area contributed by atoms with Gasteiger partial charge < -0.3 is 15.0 Å². The third kappa shape index (κ3) is 4.79. The molecule has 2 fully saturated rings. The Kier molecular flexibility index (Phi) is 6.82. The largest absolute Gasteiger partial charge is 0.379 e. The van der Waals surface area contributed by atoms with Crippen LogP contribution in [0.5, 0.6) is 0 Å². The van der Waals surface area contributed by atoms with E-state index in [-0.39, 0.29) is 0 Å². The van der Waals surface area contributed by atoms with E-state index in [1.54, 1.807) is 0 Å². The lowest BCUT2D eigenvalue weighted by Crippen LogP contribution is -2.46. The van der Waals surface area contributed by atoms with Crippen LogP contribution in [0.2, 0.25) is 10.0 Å². The van der Waals surface area contributed by atoms with Gasteiger partial charge >= 0.3 is 0 Å². The van der Waals surface area contributed by atoms with E-state index in [0.29, 0.717) is 6.04 Å². The first-order chi connectivity index (χ1) is 12.2. The number of aliphatic imine (C=N–C) groups is 1. The van der Waals surface area contributed by atoms with Gasteiger partial charge in [-0.25, -0.2) is 0 Å². The van der Waals surface area contributed by atoms with Crippen molar-refractivity contribution in [1.29, 1.82) is 0 Å². The van der Waals surface area contributed by atoms with Gasteiger partial charge in [-0.1, -0.05) is 29.3 Å². The quantitative estimate of drug-likeness (QED) is 0.639. The topological polar surface area (TPSA) is 40.1 Å². The number of likely N-dealkylation sites (tertiary alicyclic amines) is 1. The zero-order valence-electron chi connectivity index (χ0n) is 14.7. The number of guanidine groups is 1. The highest BCUT2D eigenvalue weighted by molar-refractivity contribution is 6.35. The van der Waals surface area contributed by atoms with Gasteiger partial charge in [-0.3, -0.25) is 9.89 Å². The second kappa shape index (κ2) is 9.08. The summed E-state index contributed by atoms with van der Waals surface area (Å²) in [6.07, 6.45) is 1.95. The van der Waals surface area contributed by atoms with Gasteiger partial charge in [-0.05, 0) is 30.5 Å². The number of morpholine rings is 1. The number of nitrogens with one attached hydrogen (secondary N) is 1. The molecule has 2 heterocycles. The molecule has 1 unspecified atom stereocenters. The molecule has 1 atom stereocenters. The van der Waals surface area contributed by atoms with Crippen LogP contribution < -0.4 is 5.32 Å². The monoisotopic (exact) mass is 384 g/mol. The van der Waals surface area contributed by atoms with E-state index < -0.39 is 0 Å². The average molecular weight is 385 g/mol. The molecule has 3 rings (SSSR count). The maximum absolute atomic E-state index is 6.24. The van der Waals surface area contributed by atoms with Gasteiger partial charge in [0, 0.05) is 55.9 Å². The van der Waals surface area contributed by atoms with Crippen LogP contribution in [0.4, 0.5) is 0 Å². The van der Waals surface area contributed by atoms with Gasteiger partial charge in [0.1, 0.15) is 0 Å². The molecule has 1 N–H and O–H groups in total. The fraction of sp³-hybridized carbons (Fsp3) is 0.611. The van der Waals surface area contributed by atoms with Crippen molar-refractivity contribution in [1.82, 2.24) is 15.1 Å². The molecule has 0 aliphatic carbocycles. The molecule has 2 aliphatic rings. The van der Waals surface area contributed by atoms with E-state index in [1.807, 2.05) is 25.2 Å². The molecule has 0 amide bonds. The molecule has 0 aromatic heterocycles. The van der Waals surface area contributed by atoms with E-state index in [0.717, 1.165) is 73.9 Å². The van der Waals surface area contributed by atoms with Gasteiger partial charge in [-0.15, -0.1) is 0 Å². The molecule has 7 heteroatoms. The first-order valence-corrected chi connectivity index (χ1v) is 9.65. The molecule has 1 aromatic rings. The third-order valence-corrected chi connectivity index (χ3v) is 5.66. The van der Waals surface area contributed by atoms with Gasteiger partial charge in [0.25, 0.3) is 0 Å². The van der Waals surface area contributed by atoms with Crippen molar-refractivity contribution < 1.29 is 4.74 Å². The normalized spacial score (nSPS) is 22.4. The minimum absolute atomic E-state index is 0.598. The fourth-order valence-electron chi connectivity index (χ4n) is 3.58. The predicted molar refractivity (Wildman–Crippen MR) is 104 cm³/mol. The number of benzene rings is 1. The van der Waals surface area contributed by atoms with Crippen LogP contribution in [0.15, 0.2) is 23.2 Å². The summed E-state index contributed by atoms with van der Waals surface area (Å²) >= 11 is 12.5. The number of hydrogen-bond donors (Lipinski definition) is 1. The summed E-state index contributed by atoms with van der Waals surface area (Å²) in [5.74, 6) is 0.957. The van der Waals surface area contributed by atoms with Crippen molar-refractivity contribution in [2.24, 2.45) is 4.99 Å². The van der Waals surface area contributed by atoms with Crippen LogP contribution in [0.25, 0.3) is 0 Å². The van der Waals surface area contributed by atoms with E-state index >= 15 is 0 Å². The van der Waals surface area contributed by atoms with Crippen LogP contribution >= 0.6 is 23.2 Å². The van der Waals surface area contributed by atoms with E-state index in [1.165, 1.54) is 6.42 Å². The van der Waals surface area contributed by atoms with Crippen molar-refractivity contribution in [2.75, 3.05) is 53.0 Å². The number of rotatable bonds is 4. The molecule has 0 bridgehead atoms. The minimum Gasteiger partial charge on any atom is -0.379 e. The maximum Gasteiger partial charge on any atom is 0.193 e. The maximum atomic E-state index is 6.24. The molecular weight excluding hydrogens is 359 g/mol. The van der Waals surface area contributed by atoms with Crippen LogP contribution in [-0.2, 0) is 11.2 Å².